The molecule has 4 amide bonds. The van der Waals surface area contributed by atoms with E-state index in [1.54, 1.807) is 52.8 Å². The fourth-order valence-electron chi connectivity index (χ4n) is 3.52. The first-order valence-corrected chi connectivity index (χ1v) is 10.3. The zero-order chi connectivity index (χ0) is 23.6. The SMILES string of the molecule is CC(=O)Nc1cc(NC(=O)NC[C@H]2[C@H](C)OC(C)(C)N2C(=O)OC(C)(C)C)ccc1C. The number of benzene rings is 1. The van der Waals surface area contributed by atoms with Crippen LogP contribution in [0.5, 0.6) is 0 Å². The second kappa shape index (κ2) is 9.13. The van der Waals surface area contributed by atoms with Crippen LogP contribution < -0.4 is 16.0 Å². The number of carbonyl (C=O) groups excluding carboxylic acids is 3. The van der Waals surface area contributed by atoms with Crippen molar-refractivity contribution in [2.24, 2.45) is 0 Å². The van der Waals surface area contributed by atoms with E-state index < -0.39 is 29.5 Å². The molecule has 0 unspecified atom stereocenters. The first-order valence-electron chi connectivity index (χ1n) is 10.3. The minimum Gasteiger partial charge on any atom is -0.444 e. The first kappa shape index (κ1) is 24.5. The van der Waals surface area contributed by atoms with Crippen LogP contribution in [0, 0.1) is 6.92 Å². The molecule has 1 aliphatic heterocycles. The number of urea groups is 1. The Morgan fingerprint density at radius 1 is 1.19 bits per heavy atom. The maximum Gasteiger partial charge on any atom is 0.412 e. The van der Waals surface area contributed by atoms with Gasteiger partial charge in [0.2, 0.25) is 5.91 Å². The lowest BCUT2D eigenvalue weighted by Gasteiger charge is -2.35. The third kappa shape index (κ3) is 6.58. The minimum atomic E-state index is -0.866. The highest BCUT2D eigenvalue weighted by atomic mass is 16.6. The van der Waals surface area contributed by atoms with Gasteiger partial charge in [0.15, 0.2) is 0 Å². The average Bonchev–Trinajstić information content (AvgIpc) is 2.82. The van der Waals surface area contributed by atoms with Gasteiger partial charge in [-0.2, -0.15) is 0 Å². The van der Waals surface area contributed by atoms with Gasteiger partial charge in [0.05, 0.1) is 12.1 Å². The number of hydrogen-bond acceptors (Lipinski definition) is 5. The summed E-state index contributed by atoms with van der Waals surface area (Å²) in [6, 6.07) is 4.41. The number of amides is 4. The van der Waals surface area contributed by atoms with Crippen LogP contribution >= 0.6 is 0 Å². The Labute approximate surface area is 183 Å². The average molecular weight is 435 g/mol. The van der Waals surface area contributed by atoms with Crippen molar-refractivity contribution in [2.45, 2.75) is 78.9 Å². The molecule has 1 aliphatic rings. The van der Waals surface area contributed by atoms with E-state index >= 15 is 0 Å². The molecule has 9 heteroatoms. The fourth-order valence-corrected chi connectivity index (χ4v) is 3.52. The van der Waals surface area contributed by atoms with Crippen molar-refractivity contribution in [1.82, 2.24) is 10.2 Å². The van der Waals surface area contributed by atoms with Crippen molar-refractivity contribution in [3.05, 3.63) is 23.8 Å². The lowest BCUT2D eigenvalue weighted by molar-refractivity contribution is -0.114. The van der Waals surface area contributed by atoms with Crippen LogP contribution in [0.25, 0.3) is 0 Å². The maximum atomic E-state index is 12.8. The van der Waals surface area contributed by atoms with E-state index in [1.807, 2.05) is 13.8 Å². The zero-order valence-corrected chi connectivity index (χ0v) is 19.6. The quantitative estimate of drug-likeness (QED) is 0.667. The summed E-state index contributed by atoms with van der Waals surface area (Å²) in [5.74, 6) is -0.190. The van der Waals surface area contributed by atoms with Crippen molar-refractivity contribution < 1.29 is 23.9 Å². The molecule has 31 heavy (non-hydrogen) atoms. The lowest BCUT2D eigenvalue weighted by Crippen LogP contribution is -2.53. The van der Waals surface area contributed by atoms with E-state index in [0.29, 0.717) is 11.4 Å². The molecule has 1 saturated heterocycles. The molecule has 3 N–H and O–H groups in total. The molecule has 1 aromatic rings. The normalized spacial score (nSPS) is 20.2. The van der Waals surface area contributed by atoms with E-state index in [2.05, 4.69) is 16.0 Å². The monoisotopic (exact) mass is 434 g/mol. The summed E-state index contributed by atoms with van der Waals surface area (Å²) in [4.78, 5) is 38.1. The molecular weight excluding hydrogens is 400 g/mol. The molecular formula is C22H34N4O5. The number of rotatable bonds is 4. The highest BCUT2D eigenvalue weighted by molar-refractivity contribution is 5.93. The molecule has 9 nitrogen and oxygen atoms in total. The standard InChI is InChI=1S/C22H34N4O5/c1-13-9-10-16(11-17(13)24-15(3)27)25-19(28)23-12-18-14(2)30-22(7,8)26(18)20(29)31-21(4,5)6/h9-11,14,18H,12H2,1-8H3,(H,24,27)(H2,23,25,28)/t14-,18-/m0/s1. The Kier molecular flexibility index (Phi) is 7.21. The Morgan fingerprint density at radius 3 is 2.42 bits per heavy atom. The number of ether oxygens (including phenoxy) is 2. The molecule has 0 bridgehead atoms. The van der Waals surface area contributed by atoms with Crippen molar-refractivity contribution in [2.75, 3.05) is 17.2 Å². The Morgan fingerprint density at radius 2 is 1.84 bits per heavy atom. The molecule has 1 heterocycles. The summed E-state index contributed by atoms with van der Waals surface area (Å²) in [6.07, 6.45) is -0.791. The summed E-state index contributed by atoms with van der Waals surface area (Å²) >= 11 is 0. The van der Waals surface area contributed by atoms with E-state index in [9.17, 15) is 14.4 Å². The highest BCUT2D eigenvalue weighted by Gasteiger charge is 2.49. The maximum absolute atomic E-state index is 12.8. The van der Waals surface area contributed by atoms with Gasteiger partial charge in [-0.15, -0.1) is 0 Å². The minimum absolute atomic E-state index is 0.181. The largest absolute Gasteiger partial charge is 0.444 e. The number of carbonyl (C=O) groups is 3. The fraction of sp³-hybridized carbons (Fsp3) is 0.591. The van der Waals surface area contributed by atoms with E-state index in [0.717, 1.165) is 5.56 Å². The van der Waals surface area contributed by atoms with Gasteiger partial charge in [-0.25, -0.2) is 9.59 Å². The van der Waals surface area contributed by atoms with Gasteiger partial charge in [0.25, 0.3) is 0 Å². The van der Waals surface area contributed by atoms with Crippen LogP contribution in [0.1, 0.15) is 54.0 Å². The summed E-state index contributed by atoms with van der Waals surface area (Å²) in [5.41, 5.74) is 0.529. The van der Waals surface area contributed by atoms with E-state index in [4.69, 9.17) is 9.47 Å². The third-order valence-electron chi connectivity index (χ3n) is 4.80. The van der Waals surface area contributed by atoms with Crippen LogP contribution in [0.4, 0.5) is 21.0 Å². The molecule has 1 fully saturated rings. The number of aryl methyl sites for hydroxylation is 1. The molecule has 1 aromatic carbocycles. The molecule has 0 spiro atoms. The second-order valence-electron chi connectivity index (χ2n) is 9.23. The van der Waals surface area contributed by atoms with Gasteiger partial charge in [-0.3, -0.25) is 9.69 Å². The van der Waals surface area contributed by atoms with Gasteiger partial charge in [-0.05, 0) is 66.2 Å². The van der Waals surface area contributed by atoms with Crippen LogP contribution in [0.3, 0.4) is 0 Å². The third-order valence-corrected chi connectivity index (χ3v) is 4.80. The van der Waals surface area contributed by atoms with Gasteiger partial charge in [0.1, 0.15) is 11.3 Å². The molecule has 0 radical (unpaired) electrons. The molecule has 172 valence electrons. The van der Waals surface area contributed by atoms with Crippen LogP contribution in [0.15, 0.2) is 18.2 Å². The van der Waals surface area contributed by atoms with Gasteiger partial charge < -0.3 is 25.4 Å². The van der Waals surface area contributed by atoms with Crippen LogP contribution in [-0.2, 0) is 14.3 Å². The molecule has 0 saturated carbocycles. The summed E-state index contributed by atoms with van der Waals surface area (Å²) < 4.78 is 11.5. The smallest absolute Gasteiger partial charge is 0.412 e. The van der Waals surface area contributed by atoms with Gasteiger partial charge in [-0.1, -0.05) is 6.07 Å². The van der Waals surface area contributed by atoms with Crippen LogP contribution in [-0.4, -0.2) is 52.9 Å². The highest BCUT2D eigenvalue weighted by Crippen LogP contribution is 2.33. The summed E-state index contributed by atoms with van der Waals surface area (Å²) in [6.45, 7) is 14.3. The molecule has 0 aliphatic carbocycles. The van der Waals surface area contributed by atoms with Crippen molar-refractivity contribution in [3.63, 3.8) is 0 Å². The topological polar surface area (TPSA) is 109 Å². The van der Waals surface area contributed by atoms with Gasteiger partial charge in [0, 0.05) is 24.8 Å². The van der Waals surface area contributed by atoms with Crippen molar-refractivity contribution >= 4 is 29.4 Å². The Bertz CT molecular complexity index is 847. The summed E-state index contributed by atoms with van der Waals surface area (Å²) in [7, 11) is 0. The Hall–Kier alpha value is -2.81. The predicted molar refractivity (Wildman–Crippen MR) is 119 cm³/mol. The van der Waals surface area contributed by atoms with Crippen molar-refractivity contribution in [3.8, 4) is 0 Å². The predicted octanol–water partition coefficient (Wildman–Crippen LogP) is 3.84. The number of nitrogens with zero attached hydrogens (tertiary/aromatic N) is 1. The number of nitrogens with one attached hydrogen (secondary N) is 3. The number of hydrogen-bond donors (Lipinski definition) is 3. The second-order valence-corrected chi connectivity index (χ2v) is 9.23. The molecule has 2 rings (SSSR count). The van der Waals surface area contributed by atoms with E-state index in [-0.39, 0.29) is 18.6 Å². The number of anilines is 2. The molecule has 2 atom stereocenters. The van der Waals surface area contributed by atoms with Crippen LogP contribution in [0.2, 0.25) is 0 Å². The lowest BCUT2D eigenvalue weighted by atomic mass is 10.1. The summed E-state index contributed by atoms with van der Waals surface area (Å²) in [5, 5.41) is 8.27. The van der Waals surface area contributed by atoms with Crippen molar-refractivity contribution in [1.29, 1.82) is 0 Å². The van der Waals surface area contributed by atoms with Gasteiger partial charge >= 0.3 is 12.1 Å². The van der Waals surface area contributed by atoms with E-state index in [1.165, 1.54) is 11.8 Å². The Balaban J connectivity index is 2.05. The zero-order valence-electron chi connectivity index (χ0n) is 19.6. The first-order chi connectivity index (χ1) is 14.2. The molecule has 0 aromatic heterocycles.